The van der Waals surface area contributed by atoms with Crippen LogP contribution in [0.15, 0.2) is 66.7 Å². The number of phenols is 1. The predicted molar refractivity (Wildman–Crippen MR) is 111 cm³/mol. The molecule has 0 saturated heterocycles. The highest BCUT2D eigenvalue weighted by Crippen LogP contribution is 2.34. The Morgan fingerprint density at radius 2 is 1.70 bits per heavy atom. The second kappa shape index (κ2) is 9.09. The first kappa shape index (κ1) is 21.5. The first-order valence-electron chi connectivity index (χ1n) is 9.03. The van der Waals surface area contributed by atoms with E-state index < -0.39 is 17.6 Å². The van der Waals surface area contributed by atoms with Gasteiger partial charge in [-0.2, -0.15) is 13.2 Å². The highest BCUT2D eigenvalue weighted by molar-refractivity contribution is 6.31. The van der Waals surface area contributed by atoms with Gasteiger partial charge < -0.3 is 15.7 Å². The summed E-state index contributed by atoms with van der Waals surface area (Å²) >= 11 is 5.85. The lowest BCUT2D eigenvalue weighted by Crippen LogP contribution is -2.16. The number of hydrogen-bond acceptors (Lipinski definition) is 3. The molecule has 8 heteroatoms. The van der Waals surface area contributed by atoms with Crippen molar-refractivity contribution in [2.75, 3.05) is 17.2 Å². The molecular formula is C22H18ClF3N2O2. The van der Waals surface area contributed by atoms with E-state index in [1.165, 1.54) is 24.3 Å². The number of amides is 1. The molecule has 0 aliphatic carbocycles. The van der Waals surface area contributed by atoms with Gasteiger partial charge in [-0.25, -0.2) is 0 Å². The maximum atomic E-state index is 13.2. The van der Waals surface area contributed by atoms with Crippen molar-refractivity contribution in [1.82, 2.24) is 0 Å². The number of carbonyl (C=O) groups excluding carboxylic acids is 1. The molecule has 156 valence electrons. The van der Waals surface area contributed by atoms with Gasteiger partial charge in [0.05, 0.1) is 22.5 Å². The fourth-order valence-corrected chi connectivity index (χ4v) is 3.02. The minimum absolute atomic E-state index is 0.0535. The molecule has 30 heavy (non-hydrogen) atoms. The van der Waals surface area contributed by atoms with Crippen molar-refractivity contribution in [3.63, 3.8) is 0 Å². The molecular weight excluding hydrogens is 417 g/mol. The lowest BCUT2D eigenvalue weighted by molar-refractivity contribution is -0.137. The highest BCUT2D eigenvalue weighted by Gasteiger charge is 2.31. The molecule has 0 aromatic heterocycles. The van der Waals surface area contributed by atoms with E-state index in [0.717, 1.165) is 17.7 Å². The number of nitrogens with one attached hydrogen (secondary N) is 2. The zero-order chi connectivity index (χ0) is 21.7. The quantitative estimate of drug-likeness (QED) is 0.448. The third-order valence-electron chi connectivity index (χ3n) is 4.37. The average Bonchev–Trinajstić information content (AvgIpc) is 2.70. The van der Waals surface area contributed by atoms with Crippen LogP contribution in [-0.2, 0) is 12.6 Å². The second-order valence-electron chi connectivity index (χ2n) is 6.54. The first-order chi connectivity index (χ1) is 14.2. The Bertz CT molecular complexity index is 1040. The fraction of sp³-hybridized carbons (Fsp3) is 0.136. The van der Waals surface area contributed by atoms with E-state index in [0.29, 0.717) is 18.7 Å². The average molecular weight is 435 g/mol. The van der Waals surface area contributed by atoms with Gasteiger partial charge in [0, 0.05) is 11.6 Å². The van der Waals surface area contributed by atoms with Crippen LogP contribution in [0, 0.1) is 0 Å². The number of anilines is 2. The smallest absolute Gasteiger partial charge is 0.416 e. The number of halogens is 4. The number of benzene rings is 3. The molecule has 0 atom stereocenters. The van der Waals surface area contributed by atoms with E-state index in [9.17, 15) is 23.1 Å². The molecule has 0 fully saturated rings. The number of hydrogen-bond donors (Lipinski definition) is 3. The van der Waals surface area contributed by atoms with Gasteiger partial charge in [0.2, 0.25) is 0 Å². The van der Waals surface area contributed by atoms with E-state index in [-0.39, 0.29) is 22.0 Å². The number of carbonyl (C=O) groups is 1. The maximum Gasteiger partial charge on any atom is 0.416 e. The van der Waals surface area contributed by atoms with E-state index >= 15 is 0 Å². The Balaban J connectivity index is 1.83. The third-order valence-corrected chi connectivity index (χ3v) is 4.61. The molecule has 0 spiro atoms. The number of aromatic hydroxyl groups is 1. The number of alkyl halides is 3. The molecule has 0 saturated carbocycles. The van der Waals surface area contributed by atoms with Crippen molar-refractivity contribution in [3.8, 4) is 5.75 Å². The van der Waals surface area contributed by atoms with E-state index in [1.54, 1.807) is 0 Å². The lowest BCUT2D eigenvalue weighted by Gasteiger charge is -2.16. The van der Waals surface area contributed by atoms with Gasteiger partial charge in [-0.15, -0.1) is 0 Å². The topological polar surface area (TPSA) is 61.4 Å². The van der Waals surface area contributed by atoms with Crippen LogP contribution in [0.5, 0.6) is 5.75 Å². The van der Waals surface area contributed by atoms with Crippen molar-refractivity contribution in [2.24, 2.45) is 0 Å². The van der Waals surface area contributed by atoms with Crippen LogP contribution < -0.4 is 10.6 Å². The summed E-state index contributed by atoms with van der Waals surface area (Å²) in [5.41, 5.74) is 0.291. The van der Waals surface area contributed by atoms with Crippen molar-refractivity contribution in [3.05, 3.63) is 88.4 Å². The summed E-state index contributed by atoms with van der Waals surface area (Å²) in [6.07, 6.45) is -3.93. The second-order valence-corrected chi connectivity index (χ2v) is 6.97. The van der Waals surface area contributed by atoms with Crippen molar-refractivity contribution in [1.29, 1.82) is 0 Å². The molecule has 0 aliphatic heterocycles. The molecule has 0 bridgehead atoms. The molecule has 3 N–H and O–H groups in total. The molecule has 0 aliphatic rings. The van der Waals surface area contributed by atoms with Crippen LogP contribution in [0.25, 0.3) is 0 Å². The van der Waals surface area contributed by atoms with Crippen LogP contribution in [0.3, 0.4) is 0 Å². The minimum atomic E-state index is -4.57. The molecule has 3 aromatic carbocycles. The molecule has 0 heterocycles. The summed E-state index contributed by atoms with van der Waals surface area (Å²) in [5.74, 6) is -1.11. The van der Waals surface area contributed by atoms with Crippen LogP contribution in [0.4, 0.5) is 24.5 Å². The Morgan fingerprint density at radius 3 is 2.40 bits per heavy atom. The van der Waals surface area contributed by atoms with Crippen molar-refractivity contribution in [2.45, 2.75) is 12.6 Å². The fourth-order valence-electron chi connectivity index (χ4n) is 2.84. The zero-order valence-electron chi connectivity index (χ0n) is 15.6. The SMILES string of the molecule is O=C(Nc1cc(C(F)(F)F)ccc1NCCc1ccccc1)c1cc(Cl)ccc1O. The van der Waals surface area contributed by atoms with Gasteiger partial charge >= 0.3 is 6.18 Å². The minimum Gasteiger partial charge on any atom is -0.507 e. The standard InChI is InChI=1S/C22H18ClF3N2O2/c23-16-7-9-20(29)17(13-16)21(30)28-19-12-15(22(24,25)26)6-8-18(19)27-11-10-14-4-2-1-3-5-14/h1-9,12-13,27,29H,10-11H2,(H,28,30). The van der Waals surface area contributed by atoms with E-state index in [2.05, 4.69) is 10.6 Å². The highest BCUT2D eigenvalue weighted by atomic mass is 35.5. The molecule has 4 nitrogen and oxygen atoms in total. The Kier molecular flexibility index (Phi) is 6.52. The summed E-state index contributed by atoms with van der Waals surface area (Å²) in [6, 6.07) is 16.5. The van der Waals surface area contributed by atoms with Crippen molar-refractivity contribution >= 4 is 28.9 Å². The summed E-state index contributed by atoms with van der Waals surface area (Å²) in [7, 11) is 0. The number of phenolic OH excluding ortho intramolecular Hbond substituents is 1. The van der Waals surface area contributed by atoms with E-state index in [4.69, 9.17) is 11.6 Å². The number of rotatable bonds is 6. The monoisotopic (exact) mass is 434 g/mol. The van der Waals surface area contributed by atoms with Crippen LogP contribution >= 0.6 is 11.6 Å². The van der Waals surface area contributed by atoms with Gasteiger partial charge in [0.15, 0.2) is 0 Å². The van der Waals surface area contributed by atoms with Gasteiger partial charge in [-0.1, -0.05) is 41.9 Å². The van der Waals surface area contributed by atoms with Crippen LogP contribution in [-0.4, -0.2) is 17.6 Å². The van der Waals surface area contributed by atoms with Crippen LogP contribution in [0.1, 0.15) is 21.5 Å². The Hall–Kier alpha value is -3.19. The van der Waals surface area contributed by atoms with E-state index in [1.807, 2.05) is 30.3 Å². The summed E-state index contributed by atoms with van der Waals surface area (Å²) in [6.45, 7) is 0.445. The van der Waals surface area contributed by atoms with Gasteiger partial charge in [0.25, 0.3) is 5.91 Å². The Morgan fingerprint density at radius 1 is 0.967 bits per heavy atom. The maximum absolute atomic E-state index is 13.2. The van der Waals surface area contributed by atoms with Crippen molar-refractivity contribution < 1.29 is 23.1 Å². The zero-order valence-corrected chi connectivity index (χ0v) is 16.4. The largest absolute Gasteiger partial charge is 0.507 e. The molecule has 0 unspecified atom stereocenters. The predicted octanol–water partition coefficient (Wildman–Crippen LogP) is 5.97. The first-order valence-corrected chi connectivity index (χ1v) is 9.41. The van der Waals surface area contributed by atoms with Gasteiger partial charge in [-0.3, -0.25) is 4.79 Å². The summed E-state index contributed by atoms with van der Waals surface area (Å²) in [4.78, 5) is 12.6. The molecule has 3 aromatic rings. The molecule has 1 amide bonds. The van der Waals surface area contributed by atoms with Crippen LogP contribution in [0.2, 0.25) is 5.02 Å². The summed E-state index contributed by atoms with van der Waals surface area (Å²) in [5, 5.41) is 15.6. The summed E-state index contributed by atoms with van der Waals surface area (Å²) < 4.78 is 39.5. The molecule has 3 rings (SSSR count). The van der Waals surface area contributed by atoms with Gasteiger partial charge in [-0.05, 0) is 48.4 Å². The Labute approximate surface area is 176 Å². The van der Waals surface area contributed by atoms with Gasteiger partial charge in [0.1, 0.15) is 5.75 Å². The normalized spacial score (nSPS) is 11.2. The molecule has 0 radical (unpaired) electrons. The third kappa shape index (κ3) is 5.45. The lowest BCUT2D eigenvalue weighted by atomic mass is 10.1.